The van der Waals surface area contributed by atoms with Gasteiger partial charge >= 0.3 is 0 Å². The number of hydrogen-bond acceptors (Lipinski definition) is 2. The Morgan fingerprint density at radius 1 is 1.31 bits per heavy atom. The molecule has 0 spiro atoms. The number of rotatable bonds is 6. The molecular formula is C14H21NO. The first-order valence-electron chi connectivity index (χ1n) is 6.23. The van der Waals surface area contributed by atoms with Gasteiger partial charge in [-0.05, 0) is 49.9 Å². The molecule has 0 aliphatic heterocycles. The standard InChI is InChI=1S/C14H21NO/c1-16-14-8-3-2-7-13(14)9-10-15-11-12-5-4-6-12/h2-3,7-8,12,15H,4-6,9-11H2,1H3. The highest BCUT2D eigenvalue weighted by molar-refractivity contribution is 5.33. The average molecular weight is 219 g/mol. The summed E-state index contributed by atoms with van der Waals surface area (Å²) in [5.74, 6) is 1.95. The molecule has 1 aliphatic rings. The van der Waals surface area contributed by atoms with Gasteiger partial charge < -0.3 is 10.1 Å². The van der Waals surface area contributed by atoms with Crippen molar-refractivity contribution in [3.8, 4) is 5.75 Å². The van der Waals surface area contributed by atoms with Gasteiger partial charge in [0.2, 0.25) is 0 Å². The van der Waals surface area contributed by atoms with Gasteiger partial charge in [0.25, 0.3) is 0 Å². The van der Waals surface area contributed by atoms with Crippen molar-refractivity contribution >= 4 is 0 Å². The molecule has 0 amide bonds. The largest absolute Gasteiger partial charge is 0.496 e. The third kappa shape index (κ3) is 2.99. The van der Waals surface area contributed by atoms with Crippen molar-refractivity contribution in [3.05, 3.63) is 29.8 Å². The van der Waals surface area contributed by atoms with E-state index in [1.54, 1.807) is 7.11 Å². The summed E-state index contributed by atoms with van der Waals surface area (Å²) in [6, 6.07) is 8.26. The zero-order valence-corrected chi connectivity index (χ0v) is 10.0. The molecule has 0 unspecified atom stereocenters. The number of benzene rings is 1. The van der Waals surface area contributed by atoms with E-state index in [0.717, 1.165) is 24.6 Å². The minimum Gasteiger partial charge on any atom is -0.496 e. The van der Waals surface area contributed by atoms with E-state index in [0.29, 0.717) is 0 Å². The highest BCUT2D eigenvalue weighted by atomic mass is 16.5. The number of para-hydroxylation sites is 1. The van der Waals surface area contributed by atoms with Crippen LogP contribution in [0.5, 0.6) is 5.75 Å². The van der Waals surface area contributed by atoms with Gasteiger partial charge in [-0.3, -0.25) is 0 Å². The van der Waals surface area contributed by atoms with Crippen LogP contribution in [0.4, 0.5) is 0 Å². The minimum absolute atomic E-state index is 0.942. The maximum atomic E-state index is 5.33. The fourth-order valence-corrected chi connectivity index (χ4v) is 2.14. The molecule has 88 valence electrons. The summed E-state index contributed by atoms with van der Waals surface area (Å²) in [6.45, 7) is 2.24. The van der Waals surface area contributed by atoms with E-state index in [9.17, 15) is 0 Å². The van der Waals surface area contributed by atoms with Crippen LogP contribution < -0.4 is 10.1 Å². The molecule has 2 nitrogen and oxygen atoms in total. The molecular weight excluding hydrogens is 198 g/mol. The average Bonchev–Trinajstić information content (AvgIpc) is 2.27. The third-order valence-electron chi connectivity index (χ3n) is 3.42. The van der Waals surface area contributed by atoms with Gasteiger partial charge in [-0.2, -0.15) is 0 Å². The Hall–Kier alpha value is -1.02. The van der Waals surface area contributed by atoms with Gasteiger partial charge in [0, 0.05) is 0 Å². The summed E-state index contributed by atoms with van der Waals surface area (Å²) in [5.41, 5.74) is 1.30. The molecule has 1 aliphatic carbocycles. The minimum atomic E-state index is 0.942. The second-order valence-electron chi connectivity index (χ2n) is 4.56. The Kier molecular flexibility index (Phi) is 4.23. The van der Waals surface area contributed by atoms with Crippen LogP contribution in [-0.4, -0.2) is 20.2 Å². The summed E-state index contributed by atoms with van der Waals surface area (Å²) in [7, 11) is 1.74. The molecule has 0 radical (unpaired) electrons. The van der Waals surface area contributed by atoms with Crippen molar-refractivity contribution in [1.29, 1.82) is 0 Å². The van der Waals surface area contributed by atoms with Crippen LogP contribution >= 0.6 is 0 Å². The molecule has 1 aromatic rings. The highest BCUT2D eigenvalue weighted by Gasteiger charge is 2.16. The lowest BCUT2D eigenvalue weighted by atomic mass is 9.85. The highest BCUT2D eigenvalue weighted by Crippen LogP contribution is 2.25. The number of hydrogen-bond donors (Lipinski definition) is 1. The van der Waals surface area contributed by atoms with Gasteiger partial charge in [0.1, 0.15) is 5.75 Å². The van der Waals surface area contributed by atoms with Crippen molar-refractivity contribution in [1.82, 2.24) is 5.32 Å². The van der Waals surface area contributed by atoms with Crippen molar-refractivity contribution in [2.45, 2.75) is 25.7 Å². The molecule has 0 heterocycles. The van der Waals surface area contributed by atoms with Gasteiger partial charge in [-0.25, -0.2) is 0 Å². The SMILES string of the molecule is COc1ccccc1CCNCC1CCC1. The lowest BCUT2D eigenvalue weighted by Gasteiger charge is -2.25. The Bertz CT molecular complexity index is 320. The van der Waals surface area contributed by atoms with E-state index in [1.165, 1.54) is 31.4 Å². The van der Waals surface area contributed by atoms with Crippen LogP contribution in [0.15, 0.2) is 24.3 Å². The quantitative estimate of drug-likeness (QED) is 0.743. The molecule has 2 rings (SSSR count). The summed E-state index contributed by atoms with van der Waals surface area (Å²) >= 11 is 0. The lowest BCUT2D eigenvalue weighted by Crippen LogP contribution is -2.28. The maximum Gasteiger partial charge on any atom is 0.122 e. The van der Waals surface area contributed by atoms with E-state index in [2.05, 4.69) is 17.4 Å². The molecule has 16 heavy (non-hydrogen) atoms. The predicted octanol–water partition coefficient (Wildman–Crippen LogP) is 2.63. The Morgan fingerprint density at radius 2 is 2.12 bits per heavy atom. The van der Waals surface area contributed by atoms with Crippen LogP contribution in [0.25, 0.3) is 0 Å². The zero-order valence-electron chi connectivity index (χ0n) is 10.0. The molecule has 0 atom stereocenters. The van der Waals surface area contributed by atoms with Crippen LogP contribution in [0.1, 0.15) is 24.8 Å². The third-order valence-corrected chi connectivity index (χ3v) is 3.42. The molecule has 2 heteroatoms. The molecule has 1 saturated carbocycles. The smallest absolute Gasteiger partial charge is 0.122 e. The first kappa shape index (κ1) is 11.5. The van der Waals surface area contributed by atoms with E-state index in [4.69, 9.17) is 4.74 Å². The maximum absolute atomic E-state index is 5.33. The molecule has 0 bridgehead atoms. The molecule has 1 aromatic carbocycles. The Labute approximate surface area is 98.0 Å². The van der Waals surface area contributed by atoms with Gasteiger partial charge in [-0.15, -0.1) is 0 Å². The molecule has 1 N–H and O–H groups in total. The van der Waals surface area contributed by atoms with Crippen molar-refractivity contribution in [2.75, 3.05) is 20.2 Å². The monoisotopic (exact) mass is 219 g/mol. The second kappa shape index (κ2) is 5.90. The Morgan fingerprint density at radius 3 is 2.81 bits per heavy atom. The van der Waals surface area contributed by atoms with E-state index < -0.39 is 0 Å². The fraction of sp³-hybridized carbons (Fsp3) is 0.571. The van der Waals surface area contributed by atoms with Gasteiger partial charge in [0.15, 0.2) is 0 Å². The van der Waals surface area contributed by atoms with Crippen LogP contribution in [-0.2, 0) is 6.42 Å². The Balaban J connectivity index is 1.71. The van der Waals surface area contributed by atoms with Crippen LogP contribution in [0, 0.1) is 5.92 Å². The second-order valence-corrected chi connectivity index (χ2v) is 4.56. The van der Waals surface area contributed by atoms with E-state index in [-0.39, 0.29) is 0 Å². The van der Waals surface area contributed by atoms with Crippen LogP contribution in [0.3, 0.4) is 0 Å². The summed E-state index contributed by atoms with van der Waals surface area (Å²) < 4.78 is 5.33. The topological polar surface area (TPSA) is 21.3 Å². The van der Waals surface area contributed by atoms with E-state index in [1.807, 2.05) is 12.1 Å². The van der Waals surface area contributed by atoms with Gasteiger partial charge in [-0.1, -0.05) is 24.6 Å². The molecule has 0 saturated heterocycles. The van der Waals surface area contributed by atoms with Crippen molar-refractivity contribution in [3.63, 3.8) is 0 Å². The van der Waals surface area contributed by atoms with Crippen molar-refractivity contribution < 1.29 is 4.74 Å². The predicted molar refractivity (Wildman–Crippen MR) is 66.9 cm³/mol. The number of ether oxygens (including phenoxy) is 1. The summed E-state index contributed by atoms with van der Waals surface area (Å²) in [4.78, 5) is 0. The van der Waals surface area contributed by atoms with Gasteiger partial charge in [0.05, 0.1) is 7.11 Å². The zero-order chi connectivity index (χ0) is 11.2. The lowest BCUT2D eigenvalue weighted by molar-refractivity contribution is 0.302. The first-order chi connectivity index (χ1) is 7.90. The molecule has 0 aromatic heterocycles. The number of nitrogens with one attached hydrogen (secondary N) is 1. The van der Waals surface area contributed by atoms with E-state index >= 15 is 0 Å². The summed E-state index contributed by atoms with van der Waals surface area (Å²) in [5, 5.41) is 3.53. The normalized spacial score (nSPS) is 15.8. The van der Waals surface area contributed by atoms with Crippen LogP contribution in [0.2, 0.25) is 0 Å². The summed E-state index contributed by atoms with van der Waals surface area (Å²) in [6.07, 6.45) is 5.32. The van der Waals surface area contributed by atoms with Crippen molar-refractivity contribution in [2.24, 2.45) is 5.92 Å². The molecule has 1 fully saturated rings. The number of methoxy groups -OCH3 is 1. The fourth-order valence-electron chi connectivity index (χ4n) is 2.14. The first-order valence-corrected chi connectivity index (χ1v) is 6.23.